The SMILES string of the molecule is Cc1ccc(N2CCC(N(C)c3ccccc3)CC2)cc1. The predicted molar refractivity (Wildman–Crippen MR) is 91.3 cm³/mol. The molecule has 0 amide bonds. The van der Waals surface area contributed by atoms with E-state index in [1.807, 2.05) is 0 Å². The van der Waals surface area contributed by atoms with Gasteiger partial charge in [0.2, 0.25) is 0 Å². The fraction of sp³-hybridized carbons (Fsp3) is 0.368. The molecule has 0 bridgehead atoms. The van der Waals surface area contributed by atoms with Crippen molar-refractivity contribution in [3.05, 3.63) is 60.2 Å². The minimum atomic E-state index is 0.647. The number of hydrogen-bond donors (Lipinski definition) is 0. The average Bonchev–Trinajstić information content (AvgIpc) is 2.56. The molecule has 0 radical (unpaired) electrons. The van der Waals surface area contributed by atoms with Crippen LogP contribution >= 0.6 is 0 Å². The van der Waals surface area contributed by atoms with Crippen molar-refractivity contribution < 1.29 is 0 Å². The van der Waals surface area contributed by atoms with Gasteiger partial charge in [0.15, 0.2) is 0 Å². The second kappa shape index (κ2) is 6.21. The minimum absolute atomic E-state index is 0.647. The number of para-hydroxylation sites is 1. The Kier molecular flexibility index (Phi) is 4.14. The lowest BCUT2D eigenvalue weighted by atomic mass is 10.0. The zero-order valence-corrected chi connectivity index (χ0v) is 13.0. The molecule has 0 aliphatic carbocycles. The summed E-state index contributed by atoms with van der Waals surface area (Å²) in [6, 6.07) is 20.3. The van der Waals surface area contributed by atoms with Gasteiger partial charge in [-0.3, -0.25) is 0 Å². The average molecular weight is 280 g/mol. The van der Waals surface area contributed by atoms with Crippen molar-refractivity contribution >= 4 is 11.4 Å². The lowest BCUT2D eigenvalue weighted by Gasteiger charge is -2.39. The van der Waals surface area contributed by atoms with Crippen LogP contribution in [0.1, 0.15) is 18.4 Å². The fourth-order valence-corrected chi connectivity index (χ4v) is 3.14. The molecule has 1 heterocycles. The predicted octanol–water partition coefficient (Wildman–Crippen LogP) is 4.10. The van der Waals surface area contributed by atoms with Gasteiger partial charge in [0.05, 0.1) is 0 Å². The van der Waals surface area contributed by atoms with Crippen molar-refractivity contribution in [1.82, 2.24) is 0 Å². The molecule has 0 unspecified atom stereocenters. The van der Waals surface area contributed by atoms with Crippen molar-refractivity contribution in [3.63, 3.8) is 0 Å². The summed E-state index contributed by atoms with van der Waals surface area (Å²) in [5, 5.41) is 0. The van der Waals surface area contributed by atoms with Gasteiger partial charge in [-0.2, -0.15) is 0 Å². The lowest BCUT2D eigenvalue weighted by Crippen LogP contribution is -2.43. The van der Waals surface area contributed by atoms with Crippen molar-refractivity contribution in [3.8, 4) is 0 Å². The smallest absolute Gasteiger partial charge is 0.0366 e. The van der Waals surface area contributed by atoms with Crippen LogP contribution in [-0.2, 0) is 0 Å². The van der Waals surface area contributed by atoms with Gasteiger partial charge in [0.25, 0.3) is 0 Å². The highest BCUT2D eigenvalue weighted by Gasteiger charge is 2.22. The van der Waals surface area contributed by atoms with Gasteiger partial charge < -0.3 is 9.80 Å². The Bertz CT molecular complexity index is 554. The van der Waals surface area contributed by atoms with Crippen LogP contribution in [0.4, 0.5) is 11.4 Å². The maximum absolute atomic E-state index is 2.51. The van der Waals surface area contributed by atoms with E-state index >= 15 is 0 Å². The summed E-state index contributed by atoms with van der Waals surface area (Å²) in [6.07, 6.45) is 2.44. The highest BCUT2D eigenvalue weighted by Crippen LogP contribution is 2.25. The zero-order chi connectivity index (χ0) is 14.7. The van der Waals surface area contributed by atoms with E-state index in [0.717, 1.165) is 13.1 Å². The van der Waals surface area contributed by atoms with Crippen LogP contribution in [0.2, 0.25) is 0 Å². The van der Waals surface area contributed by atoms with Crippen LogP contribution < -0.4 is 9.80 Å². The highest BCUT2D eigenvalue weighted by atomic mass is 15.2. The van der Waals surface area contributed by atoms with E-state index in [4.69, 9.17) is 0 Å². The third-order valence-corrected chi connectivity index (χ3v) is 4.57. The molecular formula is C19H24N2. The molecular weight excluding hydrogens is 256 g/mol. The molecule has 2 aromatic carbocycles. The van der Waals surface area contributed by atoms with Gasteiger partial charge in [0.1, 0.15) is 0 Å². The molecule has 1 saturated heterocycles. The van der Waals surface area contributed by atoms with Gasteiger partial charge in [-0.1, -0.05) is 35.9 Å². The number of aryl methyl sites for hydroxylation is 1. The maximum atomic E-state index is 2.51. The van der Waals surface area contributed by atoms with Crippen LogP contribution in [0, 0.1) is 6.92 Å². The zero-order valence-electron chi connectivity index (χ0n) is 13.0. The molecule has 2 aromatic rings. The molecule has 0 N–H and O–H groups in total. The number of anilines is 2. The van der Waals surface area contributed by atoms with Gasteiger partial charge >= 0.3 is 0 Å². The Morgan fingerprint density at radius 2 is 1.52 bits per heavy atom. The van der Waals surface area contributed by atoms with E-state index in [1.54, 1.807) is 0 Å². The Morgan fingerprint density at radius 1 is 0.905 bits per heavy atom. The molecule has 1 aliphatic heterocycles. The molecule has 0 saturated carbocycles. The number of nitrogens with zero attached hydrogens (tertiary/aromatic N) is 2. The van der Waals surface area contributed by atoms with Crippen LogP contribution in [0.3, 0.4) is 0 Å². The third-order valence-electron chi connectivity index (χ3n) is 4.57. The van der Waals surface area contributed by atoms with Crippen LogP contribution in [-0.4, -0.2) is 26.2 Å². The molecule has 2 heteroatoms. The molecule has 110 valence electrons. The molecule has 0 aromatic heterocycles. The van der Waals surface area contributed by atoms with Crippen LogP contribution in [0.25, 0.3) is 0 Å². The fourth-order valence-electron chi connectivity index (χ4n) is 3.14. The van der Waals surface area contributed by atoms with E-state index in [1.165, 1.54) is 29.8 Å². The van der Waals surface area contributed by atoms with E-state index in [9.17, 15) is 0 Å². The summed E-state index contributed by atoms with van der Waals surface area (Å²) in [6.45, 7) is 4.43. The van der Waals surface area contributed by atoms with Crippen molar-refractivity contribution in [1.29, 1.82) is 0 Å². The van der Waals surface area contributed by atoms with Gasteiger partial charge in [0, 0.05) is 37.6 Å². The first kappa shape index (κ1) is 14.0. The Morgan fingerprint density at radius 3 is 2.14 bits per heavy atom. The summed E-state index contributed by atoms with van der Waals surface area (Å²) in [5.74, 6) is 0. The van der Waals surface area contributed by atoms with E-state index < -0.39 is 0 Å². The summed E-state index contributed by atoms with van der Waals surface area (Å²) in [4.78, 5) is 4.95. The normalized spacial score (nSPS) is 16.0. The van der Waals surface area contributed by atoms with Gasteiger partial charge in [-0.25, -0.2) is 0 Å². The number of hydrogen-bond acceptors (Lipinski definition) is 2. The van der Waals surface area contributed by atoms with Crippen molar-refractivity contribution in [2.45, 2.75) is 25.8 Å². The largest absolute Gasteiger partial charge is 0.371 e. The number of piperidine rings is 1. The Hall–Kier alpha value is -1.96. The van der Waals surface area contributed by atoms with Gasteiger partial charge in [-0.05, 0) is 44.0 Å². The molecule has 3 rings (SSSR count). The summed E-state index contributed by atoms with van der Waals surface area (Å²) < 4.78 is 0. The van der Waals surface area contributed by atoms with E-state index in [-0.39, 0.29) is 0 Å². The van der Waals surface area contributed by atoms with Crippen LogP contribution in [0.5, 0.6) is 0 Å². The molecule has 0 spiro atoms. The molecule has 21 heavy (non-hydrogen) atoms. The quantitative estimate of drug-likeness (QED) is 0.835. The second-order valence-corrected chi connectivity index (χ2v) is 6.00. The van der Waals surface area contributed by atoms with E-state index in [2.05, 4.69) is 78.4 Å². The first-order valence-corrected chi connectivity index (χ1v) is 7.83. The summed E-state index contributed by atoms with van der Waals surface area (Å²) in [7, 11) is 2.22. The van der Waals surface area contributed by atoms with Crippen molar-refractivity contribution in [2.75, 3.05) is 29.9 Å². The number of benzene rings is 2. The maximum Gasteiger partial charge on any atom is 0.0366 e. The van der Waals surface area contributed by atoms with E-state index in [0.29, 0.717) is 6.04 Å². The minimum Gasteiger partial charge on any atom is -0.371 e. The number of rotatable bonds is 3. The third kappa shape index (κ3) is 3.21. The first-order valence-electron chi connectivity index (χ1n) is 7.83. The molecule has 1 aliphatic rings. The lowest BCUT2D eigenvalue weighted by molar-refractivity contribution is 0.482. The first-order chi connectivity index (χ1) is 10.2. The Balaban J connectivity index is 1.61. The van der Waals surface area contributed by atoms with Gasteiger partial charge in [-0.15, -0.1) is 0 Å². The Labute approximate surface area is 128 Å². The molecule has 2 nitrogen and oxygen atoms in total. The molecule has 0 atom stereocenters. The monoisotopic (exact) mass is 280 g/mol. The highest BCUT2D eigenvalue weighted by molar-refractivity contribution is 5.49. The second-order valence-electron chi connectivity index (χ2n) is 6.00. The van der Waals surface area contributed by atoms with Crippen LogP contribution in [0.15, 0.2) is 54.6 Å². The van der Waals surface area contributed by atoms with Crippen molar-refractivity contribution in [2.24, 2.45) is 0 Å². The summed E-state index contributed by atoms with van der Waals surface area (Å²) >= 11 is 0. The topological polar surface area (TPSA) is 6.48 Å². The summed E-state index contributed by atoms with van der Waals surface area (Å²) in [5.41, 5.74) is 4.02. The molecule has 1 fully saturated rings. The standard InChI is InChI=1S/C19H24N2/c1-16-8-10-19(11-9-16)21-14-12-18(13-15-21)20(2)17-6-4-3-5-7-17/h3-11,18H,12-15H2,1-2H3.